The Labute approximate surface area is 169 Å². The highest BCUT2D eigenvalue weighted by Gasteiger charge is 2.38. The molecule has 0 N–H and O–H groups in total. The normalized spacial score (nSPS) is 16.2. The number of ether oxygens (including phenoxy) is 1. The predicted molar refractivity (Wildman–Crippen MR) is 98.4 cm³/mol. The first kappa shape index (κ1) is 22.5. The molecule has 1 atom stereocenters. The summed E-state index contributed by atoms with van der Waals surface area (Å²) in [5.41, 5.74) is 0.348. The van der Waals surface area contributed by atoms with E-state index in [1.807, 2.05) is 13.8 Å². The van der Waals surface area contributed by atoms with Gasteiger partial charge in [0.05, 0.1) is 17.3 Å². The summed E-state index contributed by atoms with van der Waals surface area (Å²) in [4.78, 5) is 17.1. The number of hydrogen-bond acceptors (Lipinski definition) is 8. The van der Waals surface area contributed by atoms with Gasteiger partial charge in [0, 0.05) is 12.6 Å². The highest BCUT2D eigenvalue weighted by molar-refractivity contribution is 6.33. The molecule has 0 spiro atoms. The maximum Gasteiger partial charge on any atom is 0.455 e. The van der Waals surface area contributed by atoms with Gasteiger partial charge in [0.1, 0.15) is 6.54 Å². The second kappa shape index (κ2) is 9.63. The Kier molecular flexibility index (Phi) is 7.48. The fourth-order valence-corrected chi connectivity index (χ4v) is 2.63. The predicted octanol–water partition coefficient (Wildman–Crippen LogP) is 2.96. The minimum atomic E-state index is -4.70. The van der Waals surface area contributed by atoms with Crippen LogP contribution in [0.1, 0.15) is 33.0 Å². The van der Waals surface area contributed by atoms with Crippen molar-refractivity contribution < 1.29 is 22.7 Å². The molecule has 9 nitrogen and oxygen atoms in total. The van der Waals surface area contributed by atoms with Gasteiger partial charge in [0.2, 0.25) is 0 Å². The van der Waals surface area contributed by atoms with E-state index in [2.05, 4.69) is 25.5 Å². The van der Waals surface area contributed by atoms with Crippen molar-refractivity contribution >= 4 is 29.1 Å². The molecular weight excluding hydrogens is 415 g/mol. The Morgan fingerprint density at radius 2 is 2.10 bits per heavy atom. The molecule has 0 aliphatic carbocycles. The minimum absolute atomic E-state index is 0.0919. The van der Waals surface area contributed by atoms with Crippen molar-refractivity contribution in [1.82, 2.24) is 25.2 Å². The van der Waals surface area contributed by atoms with Crippen molar-refractivity contribution in [3.8, 4) is 0 Å². The van der Waals surface area contributed by atoms with Crippen molar-refractivity contribution in [2.45, 2.75) is 46.0 Å². The molecule has 0 saturated heterocycles. The SMILES string of the molecule is CC.CCOC(=O)C1CC(Cn2nnc(C(F)(F)F)n2)=NN1c1ncccc1Cl. The molecule has 0 bridgehead atoms. The summed E-state index contributed by atoms with van der Waals surface area (Å²) in [7, 11) is 0. The number of hydrazone groups is 1. The third-order valence-electron chi connectivity index (χ3n) is 3.52. The molecular formula is C16H19ClF3N7O2. The highest BCUT2D eigenvalue weighted by atomic mass is 35.5. The van der Waals surface area contributed by atoms with Crippen LogP contribution in [0.25, 0.3) is 0 Å². The Morgan fingerprint density at radius 3 is 2.69 bits per heavy atom. The standard InChI is InChI=1S/C14H13ClF3N7O2.C2H6/c1-2-27-12(26)10-6-8(7-24-22-13(20-23-24)14(16,17)18)21-25(10)11-9(15)4-3-5-19-11;1-2/h3-5,10H,2,6-7H2,1H3;1-2H3. The summed E-state index contributed by atoms with van der Waals surface area (Å²) in [5.74, 6) is -1.68. The Bertz CT molecular complexity index is 872. The number of alkyl halides is 3. The summed E-state index contributed by atoms with van der Waals surface area (Å²) in [6.07, 6.45) is -3.13. The van der Waals surface area contributed by atoms with Crippen LogP contribution < -0.4 is 5.01 Å². The fraction of sp³-hybridized carbons (Fsp3) is 0.500. The number of carbonyl (C=O) groups is 1. The smallest absolute Gasteiger partial charge is 0.455 e. The van der Waals surface area contributed by atoms with E-state index < -0.39 is 24.0 Å². The van der Waals surface area contributed by atoms with Crippen LogP contribution in [-0.4, -0.2) is 49.5 Å². The number of esters is 1. The molecule has 3 heterocycles. The molecule has 0 amide bonds. The van der Waals surface area contributed by atoms with Crippen LogP contribution in [0.3, 0.4) is 0 Å². The maximum absolute atomic E-state index is 12.6. The third-order valence-corrected chi connectivity index (χ3v) is 3.81. The molecule has 1 aliphatic rings. The number of halogens is 4. The van der Waals surface area contributed by atoms with Gasteiger partial charge in [-0.25, -0.2) is 14.8 Å². The van der Waals surface area contributed by atoms with Gasteiger partial charge in [-0.3, -0.25) is 0 Å². The second-order valence-corrected chi connectivity index (χ2v) is 5.84. The number of rotatable bonds is 5. The summed E-state index contributed by atoms with van der Waals surface area (Å²) >= 11 is 6.12. The number of nitrogens with zero attached hydrogens (tertiary/aromatic N) is 7. The first-order valence-electron chi connectivity index (χ1n) is 8.77. The topological polar surface area (TPSA) is 98.4 Å². The number of pyridine rings is 1. The number of tetrazole rings is 1. The van der Waals surface area contributed by atoms with Gasteiger partial charge in [0.25, 0.3) is 5.82 Å². The van der Waals surface area contributed by atoms with E-state index in [9.17, 15) is 18.0 Å². The largest absolute Gasteiger partial charge is 0.464 e. The molecule has 1 unspecified atom stereocenters. The van der Waals surface area contributed by atoms with Gasteiger partial charge in [-0.15, -0.1) is 10.2 Å². The van der Waals surface area contributed by atoms with E-state index in [0.717, 1.165) is 4.80 Å². The molecule has 2 aromatic heterocycles. The fourth-order valence-electron chi connectivity index (χ4n) is 2.42. The van der Waals surface area contributed by atoms with Crippen LogP contribution in [0.2, 0.25) is 5.02 Å². The van der Waals surface area contributed by atoms with E-state index in [0.29, 0.717) is 5.71 Å². The maximum atomic E-state index is 12.6. The van der Waals surface area contributed by atoms with E-state index in [-0.39, 0.29) is 30.4 Å². The number of aromatic nitrogens is 5. The molecule has 0 fully saturated rings. The van der Waals surface area contributed by atoms with Crippen LogP contribution in [0, 0.1) is 0 Å². The minimum Gasteiger partial charge on any atom is -0.464 e. The summed E-state index contributed by atoms with van der Waals surface area (Å²) in [6.45, 7) is 5.64. The van der Waals surface area contributed by atoms with Crippen molar-refractivity contribution in [1.29, 1.82) is 0 Å². The molecule has 29 heavy (non-hydrogen) atoms. The summed E-state index contributed by atoms with van der Waals surface area (Å²) in [6, 6.07) is 2.34. The molecule has 158 valence electrons. The van der Waals surface area contributed by atoms with E-state index in [1.165, 1.54) is 11.2 Å². The Balaban J connectivity index is 0.00000145. The van der Waals surface area contributed by atoms with Crippen LogP contribution >= 0.6 is 11.6 Å². The van der Waals surface area contributed by atoms with Gasteiger partial charge in [-0.2, -0.15) is 23.1 Å². The second-order valence-electron chi connectivity index (χ2n) is 5.43. The van der Waals surface area contributed by atoms with Crippen molar-refractivity contribution in [2.24, 2.45) is 5.10 Å². The van der Waals surface area contributed by atoms with Crippen LogP contribution in [0.4, 0.5) is 19.0 Å². The third kappa shape index (κ3) is 5.40. The summed E-state index contributed by atoms with van der Waals surface area (Å²) in [5, 5.41) is 15.4. The van der Waals surface area contributed by atoms with Crippen LogP contribution in [0.15, 0.2) is 23.4 Å². The van der Waals surface area contributed by atoms with Crippen molar-refractivity contribution in [3.63, 3.8) is 0 Å². The Morgan fingerprint density at radius 1 is 1.38 bits per heavy atom. The van der Waals surface area contributed by atoms with Crippen molar-refractivity contribution in [2.75, 3.05) is 11.6 Å². The first-order valence-corrected chi connectivity index (χ1v) is 9.15. The number of hydrogen-bond donors (Lipinski definition) is 0. The van der Waals surface area contributed by atoms with Gasteiger partial charge in [-0.05, 0) is 24.3 Å². The zero-order chi connectivity index (χ0) is 21.6. The van der Waals surface area contributed by atoms with Gasteiger partial charge >= 0.3 is 12.1 Å². The summed E-state index contributed by atoms with van der Waals surface area (Å²) < 4.78 is 42.8. The zero-order valence-corrected chi connectivity index (χ0v) is 16.6. The van der Waals surface area contributed by atoms with E-state index in [4.69, 9.17) is 16.3 Å². The van der Waals surface area contributed by atoms with Gasteiger partial charge in [-0.1, -0.05) is 25.4 Å². The van der Waals surface area contributed by atoms with Gasteiger partial charge in [0.15, 0.2) is 11.9 Å². The molecule has 0 radical (unpaired) electrons. The average Bonchev–Trinajstić information content (AvgIpc) is 3.31. The Hall–Kier alpha value is -2.76. The van der Waals surface area contributed by atoms with Crippen LogP contribution in [-0.2, 0) is 22.3 Å². The zero-order valence-electron chi connectivity index (χ0n) is 15.9. The molecule has 13 heteroatoms. The molecule has 0 aromatic carbocycles. The number of carbonyl (C=O) groups excluding carboxylic acids is 1. The van der Waals surface area contributed by atoms with Crippen molar-refractivity contribution in [3.05, 3.63) is 29.2 Å². The lowest BCUT2D eigenvalue weighted by Gasteiger charge is -2.21. The lowest BCUT2D eigenvalue weighted by Crippen LogP contribution is -2.36. The molecule has 0 saturated carbocycles. The lowest BCUT2D eigenvalue weighted by molar-refractivity contribution is -0.145. The molecule has 1 aliphatic heterocycles. The average molecular weight is 434 g/mol. The number of anilines is 1. The molecule has 3 rings (SSSR count). The highest BCUT2D eigenvalue weighted by Crippen LogP contribution is 2.30. The van der Waals surface area contributed by atoms with Gasteiger partial charge < -0.3 is 4.74 Å². The molecule has 2 aromatic rings. The first-order chi connectivity index (χ1) is 13.8. The lowest BCUT2D eigenvalue weighted by atomic mass is 10.1. The van der Waals surface area contributed by atoms with E-state index >= 15 is 0 Å². The van der Waals surface area contributed by atoms with E-state index in [1.54, 1.807) is 19.1 Å². The quantitative estimate of drug-likeness (QED) is 0.668. The monoisotopic (exact) mass is 433 g/mol. The van der Waals surface area contributed by atoms with Crippen LogP contribution in [0.5, 0.6) is 0 Å².